The fourth-order valence-electron chi connectivity index (χ4n) is 5.15. The third kappa shape index (κ3) is 5.50. The molecule has 0 unspecified atom stereocenters. The highest BCUT2D eigenvalue weighted by Crippen LogP contribution is 2.44. The molecular weight excluding hydrogens is 444 g/mol. The van der Waals surface area contributed by atoms with Crippen LogP contribution in [-0.4, -0.2) is 53.7 Å². The number of nitrogens with one attached hydrogen (secondary N) is 1. The number of rotatable bonds is 10. The largest absolute Gasteiger partial charge is 0.481 e. The number of fused-ring (bicyclic) bond motifs is 3. The lowest BCUT2D eigenvalue weighted by Gasteiger charge is -2.39. The molecule has 1 saturated carbocycles. The number of amides is 2. The molecule has 0 radical (unpaired) electrons. The van der Waals surface area contributed by atoms with Crippen molar-refractivity contribution in [1.82, 2.24) is 10.2 Å². The molecule has 2 aliphatic rings. The Balaban J connectivity index is 1.33. The number of hydrogen-bond donors (Lipinski definition) is 2. The van der Waals surface area contributed by atoms with Gasteiger partial charge in [0.15, 0.2) is 0 Å². The van der Waals surface area contributed by atoms with E-state index in [-0.39, 0.29) is 42.9 Å². The van der Waals surface area contributed by atoms with Gasteiger partial charge in [0.1, 0.15) is 6.61 Å². The summed E-state index contributed by atoms with van der Waals surface area (Å²) < 4.78 is 5.67. The summed E-state index contributed by atoms with van der Waals surface area (Å²) in [5, 5.41) is 12.0. The van der Waals surface area contributed by atoms with Crippen LogP contribution in [0.1, 0.15) is 62.5 Å². The van der Waals surface area contributed by atoms with Crippen LogP contribution in [0.25, 0.3) is 11.1 Å². The molecular formula is C28H34N2O5. The minimum atomic E-state index is -0.806. The fourth-order valence-corrected chi connectivity index (χ4v) is 5.15. The molecule has 0 spiro atoms. The van der Waals surface area contributed by atoms with Gasteiger partial charge in [-0.2, -0.15) is 0 Å². The quantitative estimate of drug-likeness (QED) is 0.512. The van der Waals surface area contributed by atoms with Gasteiger partial charge in [-0.25, -0.2) is 4.79 Å². The maximum absolute atomic E-state index is 12.8. The first-order valence-electron chi connectivity index (χ1n) is 12.5. The Labute approximate surface area is 206 Å². The number of nitrogens with zero attached hydrogens (tertiary/aromatic N) is 1. The van der Waals surface area contributed by atoms with E-state index in [0.717, 1.165) is 24.0 Å². The number of unbranched alkanes of at least 4 members (excludes halogenated alkanes) is 1. The van der Waals surface area contributed by atoms with Gasteiger partial charge in [-0.05, 0) is 41.5 Å². The van der Waals surface area contributed by atoms with E-state index in [0.29, 0.717) is 19.3 Å². The van der Waals surface area contributed by atoms with Crippen molar-refractivity contribution in [3.8, 4) is 11.1 Å². The molecule has 0 bridgehead atoms. The van der Waals surface area contributed by atoms with Gasteiger partial charge in [-0.1, -0.05) is 68.3 Å². The average Bonchev–Trinajstić information content (AvgIpc) is 3.13. The number of alkyl carbamates (subject to hydrolysis) is 1. The molecule has 2 N–H and O–H groups in total. The number of hydrogen-bond acceptors (Lipinski definition) is 4. The van der Waals surface area contributed by atoms with Crippen molar-refractivity contribution >= 4 is 18.0 Å². The van der Waals surface area contributed by atoms with Crippen LogP contribution in [0.4, 0.5) is 4.79 Å². The molecule has 2 aromatic carbocycles. The Morgan fingerprint density at radius 2 is 1.66 bits per heavy atom. The van der Waals surface area contributed by atoms with Crippen LogP contribution in [0.15, 0.2) is 48.5 Å². The van der Waals surface area contributed by atoms with Gasteiger partial charge in [-0.3, -0.25) is 9.59 Å². The molecule has 0 heterocycles. The summed E-state index contributed by atoms with van der Waals surface area (Å²) >= 11 is 0. The van der Waals surface area contributed by atoms with E-state index in [1.807, 2.05) is 24.3 Å². The molecule has 0 saturated heterocycles. The van der Waals surface area contributed by atoms with Crippen molar-refractivity contribution in [3.63, 3.8) is 0 Å². The van der Waals surface area contributed by atoms with Crippen molar-refractivity contribution < 1.29 is 24.2 Å². The Kier molecular flexibility index (Phi) is 7.73. The van der Waals surface area contributed by atoms with Crippen molar-refractivity contribution in [1.29, 1.82) is 0 Å². The molecule has 1 fully saturated rings. The third-order valence-electron chi connectivity index (χ3n) is 7.40. The Hall–Kier alpha value is -3.35. The number of carboxylic acid groups (broad SMARTS) is 1. The highest BCUT2D eigenvalue weighted by Gasteiger charge is 2.38. The number of benzene rings is 2. The number of carboxylic acids is 1. The molecule has 7 nitrogen and oxygen atoms in total. The van der Waals surface area contributed by atoms with Gasteiger partial charge < -0.3 is 20.1 Å². The molecule has 2 amide bonds. The van der Waals surface area contributed by atoms with Crippen LogP contribution in [0.2, 0.25) is 0 Å². The molecule has 2 aromatic rings. The van der Waals surface area contributed by atoms with Crippen LogP contribution in [0, 0.1) is 5.92 Å². The molecule has 1 atom stereocenters. The summed E-state index contributed by atoms with van der Waals surface area (Å²) in [5.74, 6) is -1.28. The van der Waals surface area contributed by atoms with Crippen LogP contribution >= 0.6 is 0 Å². The number of aliphatic carboxylic acids is 1. The van der Waals surface area contributed by atoms with Gasteiger partial charge in [0, 0.05) is 31.5 Å². The number of ether oxygens (including phenoxy) is 1. The first-order valence-corrected chi connectivity index (χ1v) is 12.5. The van der Waals surface area contributed by atoms with Gasteiger partial charge in [-0.15, -0.1) is 0 Å². The van der Waals surface area contributed by atoms with E-state index in [1.165, 1.54) is 11.1 Å². The highest BCUT2D eigenvalue weighted by atomic mass is 16.5. The maximum atomic E-state index is 12.8. The lowest BCUT2D eigenvalue weighted by Crippen LogP contribution is -2.49. The zero-order valence-electron chi connectivity index (χ0n) is 20.4. The van der Waals surface area contributed by atoms with Gasteiger partial charge >= 0.3 is 12.1 Å². The third-order valence-corrected chi connectivity index (χ3v) is 7.40. The summed E-state index contributed by atoms with van der Waals surface area (Å²) in [6.45, 7) is 2.30. The summed E-state index contributed by atoms with van der Waals surface area (Å²) in [7, 11) is 1.72. The van der Waals surface area contributed by atoms with Crippen molar-refractivity contribution in [3.05, 3.63) is 59.7 Å². The number of carbonyl (C=O) groups is 3. The Morgan fingerprint density at radius 3 is 2.23 bits per heavy atom. The van der Waals surface area contributed by atoms with E-state index >= 15 is 0 Å². The lowest BCUT2D eigenvalue weighted by atomic mass is 9.79. The smallest absolute Gasteiger partial charge is 0.407 e. The SMILES string of the molecule is CCCC[C@H](CC(=O)N(C)C1CC(C(=O)O)C1)NC(=O)OCC1c2ccccc2-c2ccccc21. The van der Waals surface area contributed by atoms with Crippen molar-refractivity contribution in [2.45, 2.75) is 63.5 Å². The molecule has 0 aromatic heterocycles. The minimum absolute atomic E-state index is 0.0178. The van der Waals surface area contributed by atoms with Gasteiger partial charge in [0.05, 0.1) is 5.92 Å². The van der Waals surface area contributed by atoms with Crippen molar-refractivity contribution in [2.75, 3.05) is 13.7 Å². The second-order valence-corrected chi connectivity index (χ2v) is 9.68. The van der Waals surface area contributed by atoms with E-state index in [1.54, 1.807) is 11.9 Å². The zero-order valence-corrected chi connectivity index (χ0v) is 20.4. The second-order valence-electron chi connectivity index (χ2n) is 9.68. The number of carbonyl (C=O) groups excluding carboxylic acids is 2. The van der Waals surface area contributed by atoms with Gasteiger partial charge in [0.25, 0.3) is 0 Å². The lowest BCUT2D eigenvalue weighted by molar-refractivity contribution is -0.150. The van der Waals surface area contributed by atoms with E-state index in [9.17, 15) is 14.4 Å². The predicted octanol–water partition coefficient (Wildman–Crippen LogP) is 4.80. The average molecular weight is 479 g/mol. The summed E-state index contributed by atoms with van der Waals surface area (Å²) in [5.41, 5.74) is 4.65. The fraction of sp³-hybridized carbons (Fsp3) is 0.464. The summed E-state index contributed by atoms with van der Waals surface area (Å²) in [6, 6.07) is 16.0. The van der Waals surface area contributed by atoms with Gasteiger partial charge in [0.2, 0.25) is 5.91 Å². The van der Waals surface area contributed by atoms with E-state index < -0.39 is 12.1 Å². The summed E-state index contributed by atoms with van der Waals surface area (Å²) in [6.07, 6.45) is 3.15. The maximum Gasteiger partial charge on any atom is 0.407 e. The zero-order chi connectivity index (χ0) is 24.9. The Bertz CT molecular complexity index is 1030. The predicted molar refractivity (Wildman–Crippen MR) is 133 cm³/mol. The standard InChI is InChI=1S/C28H34N2O5/c1-3-4-9-19(16-26(31)30(2)20-14-18(15-20)27(32)33)29-28(34)35-17-25-23-12-7-5-10-21(23)22-11-6-8-13-24(22)25/h5-8,10-13,18-20,25H,3-4,9,14-17H2,1-2H3,(H,29,34)(H,32,33)/t18?,19-,20?/m1/s1. The monoisotopic (exact) mass is 478 g/mol. The summed E-state index contributed by atoms with van der Waals surface area (Å²) in [4.78, 5) is 38.3. The van der Waals surface area contributed by atoms with Crippen LogP contribution in [0.5, 0.6) is 0 Å². The highest BCUT2D eigenvalue weighted by molar-refractivity contribution is 5.80. The first-order chi connectivity index (χ1) is 16.9. The molecule has 7 heteroatoms. The van der Waals surface area contributed by atoms with Crippen LogP contribution in [0.3, 0.4) is 0 Å². The minimum Gasteiger partial charge on any atom is -0.481 e. The second kappa shape index (κ2) is 10.9. The van der Waals surface area contributed by atoms with E-state index in [2.05, 4.69) is 36.5 Å². The normalized spacial score (nSPS) is 19.1. The first kappa shape index (κ1) is 24.8. The molecule has 35 heavy (non-hydrogen) atoms. The molecule has 2 aliphatic carbocycles. The molecule has 4 rings (SSSR count). The van der Waals surface area contributed by atoms with Crippen molar-refractivity contribution in [2.24, 2.45) is 5.92 Å². The van der Waals surface area contributed by atoms with Crippen LogP contribution in [-0.2, 0) is 14.3 Å². The van der Waals surface area contributed by atoms with Crippen LogP contribution < -0.4 is 5.32 Å². The molecule has 0 aliphatic heterocycles. The Morgan fingerprint density at radius 1 is 1.06 bits per heavy atom. The topological polar surface area (TPSA) is 95.9 Å². The van der Waals surface area contributed by atoms with E-state index in [4.69, 9.17) is 9.84 Å². The molecule has 186 valence electrons.